The van der Waals surface area contributed by atoms with Crippen molar-refractivity contribution in [3.63, 3.8) is 0 Å². The number of carbonyl (C=O) groups is 1. The Morgan fingerprint density at radius 3 is 2.97 bits per heavy atom. The molecule has 0 saturated carbocycles. The van der Waals surface area contributed by atoms with Gasteiger partial charge < -0.3 is 19.9 Å². The van der Waals surface area contributed by atoms with Gasteiger partial charge in [0.05, 0.1) is 31.2 Å². The topological polar surface area (TPSA) is 80.7 Å². The minimum atomic E-state index is -0.999. The summed E-state index contributed by atoms with van der Waals surface area (Å²) in [5.41, 5.74) is 3.16. The number of pyridine rings is 1. The van der Waals surface area contributed by atoms with Gasteiger partial charge in [0.1, 0.15) is 17.3 Å². The summed E-state index contributed by atoms with van der Waals surface area (Å²) >= 11 is 0. The van der Waals surface area contributed by atoms with Gasteiger partial charge in [-0.15, -0.1) is 0 Å². The fourth-order valence-corrected chi connectivity index (χ4v) is 3.70. The molecule has 1 aliphatic heterocycles. The van der Waals surface area contributed by atoms with E-state index in [4.69, 9.17) is 9.47 Å². The molecule has 2 heterocycles. The normalized spacial score (nSPS) is 15.1. The number of fused-ring (bicyclic) bond motifs is 1. The van der Waals surface area contributed by atoms with E-state index in [1.54, 1.807) is 13.2 Å². The highest BCUT2D eigenvalue weighted by Gasteiger charge is 2.23. The maximum Gasteiger partial charge on any atom is 0.337 e. The van der Waals surface area contributed by atoms with Gasteiger partial charge in [-0.3, -0.25) is 4.98 Å². The number of carboxylic acids is 1. The molecule has 2 aromatic carbocycles. The summed E-state index contributed by atoms with van der Waals surface area (Å²) in [6.07, 6.45) is 3.77. The zero-order valence-electron chi connectivity index (χ0n) is 16.4. The lowest BCUT2D eigenvalue weighted by molar-refractivity contribution is 0.0697. The molecule has 30 heavy (non-hydrogen) atoms. The molecule has 0 bridgehead atoms. The highest BCUT2D eigenvalue weighted by molar-refractivity contribution is 5.93. The van der Waals surface area contributed by atoms with Crippen LogP contribution in [0.3, 0.4) is 0 Å². The summed E-state index contributed by atoms with van der Waals surface area (Å²) in [4.78, 5) is 15.4. The van der Waals surface area contributed by atoms with Gasteiger partial charge in [-0.1, -0.05) is 12.1 Å². The van der Waals surface area contributed by atoms with E-state index in [0.717, 1.165) is 23.3 Å². The lowest BCUT2D eigenvalue weighted by atomic mass is 9.90. The summed E-state index contributed by atoms with van der Waals surface area (Å²) in [6, 6.07) is 11.7. The maximum atomic E-state index is 13.8. The van der Waals surface area contributed by atoms with E-state index in [2.05, 4.69) is 10.3 Å². The number of hydrogen-bond donors (Lipinski definition) is 2. The van der Waals surface area contributed by atoms with Crippen LogP contribution in [0.4, 0.5) is 10.1 Å². The first-order chi connectivity index (χ1) is 14.6. The molecule has 4 rings (SSSR count). The van der Waals surface area contributed by atoms with Crippen LogP contribution in [-0.2, 0) is 0 Å². The predicted molar refractivity (Wildman–Crippen MR) is 111 cm³/mol. The summed E-state index contributed by atoms with van der Waals surface area (Å²) in [5, 5.41) is 12.5. The molecule has 0 saturated heterocycles. The van der Waals surface area contributed by atoms with Crippen molar-refractivity contribution in [2.45, 2.75) is 12.3 Å². The van der Waals surface area contributed by atoms with Gasteiger partial charge >= 0.3 is 5.97 Å². The van der Waals surface area contributed by atoms with Gasteiger partial charge in [0.25, 0.3) is 0 Å². The third-order valence-electron chi connectivity index (χ3n) is 5.24. The number of rotatable bonds is 6. The standard InChI is InChI=1S/C23H21FN2O4/c1-29-21-5-3-16(24)11-19(21)14-2-4-17-15(7-9-30-22(17)10-14)12-26-20-13-25-8-6-18(20)23(27)28/h2-6,8,10-11,13,15,26H,7,9,12H2,1H3,(H,27,28). The van der Waals surface area contributed by atoms with E-state index in [1.807, 2.05) is 18.2 Å². The number of nitrogens with zero attached hydrogens (tertiary/aromatic N) is 1. The molecular weight excluding hydrogens is 387 g/mol. The Bertz CT molecular complexity index is 1090. The quantitative estimate of drug-likeness (QED) is 0.622. The second-order valence-corrected chi connectivity index (χ2v) is 7.04. The van der Waals surface area contributed by atoms with Crippen LogP contribution in [0.5, 0.6) is 11.5 Å². The number of aromatic nitrogens is 1. The third kappa shape index (κ3) is 3.91. The van der Waals surface area contributed by atoms with E-state index >= 15 is 0 Å². The molecule has 3 aromatic rings. The lowest BCUT2D eigenvalue weighted by Crippen LogP contribution is -2.21. The van der Waals surface area contributed by atoms with E-state index in [0.29, 0.717) is 30.2 Å². The first-order valence-electron chi connectivity index (χ1n) is 9.58. The van der Waals surface area contributed by atoms with Crippen molar-refractivity contribution < 1.29 is 23.8 Å². The van der Waals surface area contributed by atoms with Crippen molar-refractivity contribution in [3.05, 3.63) is 71.8 Å². The van der Waals surface area contributed by atoms with Gasteiger partial charge in [0.15, 0.2) is 0 Å². The van der Waals surface area contributed by atoms with Crippen LogP contribution in [0, 0.1) is 5.82 Å². The third-order valence-corrected chi connectivity index (χ3v) is 5.24. The number of nitrogens with one attached hydrogen (secondary N) is 1. The average Bonchev–Trinajstić information content (AvgIpc) is 2.77. The summed E-state index contributed by atoms with van der Waals surface area (Å²) in [5.74, 6) is 0.127. The van der Waals surface area contributed by atoms with Crippen LogP contribution >= 0.6 is 0 Å². The minimum absolute atomic E-state index is 0.138. The molecule has 0 radical (unpaired) electrons. The number of halogens is 1. The van der Waals surface area contributed by atoms with E-state index in [9.17, 15) is 14.3 Å². The predicted octanol–water partition coefficient (Wildman–Crippen LogP) is 4.57. The summed E-state index contributed by atoms with van der Waals surface area (Å²) in [7, 11) is 1.55. The second-order valence-electron chi connectivity index (χ2n) is 7.04. The van der Waals surface area contributed by atoms with Gasteiger partial charge in [0.2, 0.25) is 0 Å². The van der Waals surface area contributed by atoms with Crippen LogP contribution in [0.25, 0.3) is 11.1 Å². The molecule has 1 unspecified atom stereocenters. The van der Waals surface area contributed by atoms with Gasteiger partial charge in [0, 0.05) is 24.2 Å². The molecule has 0 spiro atoms. The molecule has 154 valence electrons. The molecular formula is C23H21FN2O4. The molecule has 0 fully saturated rings. The maximum absolute atomic E-state index is 13.8. The molecule has 7 heteroatoms. The molecule has 0 aliphatic carbocycles. The van der Waals surface area contributed by atoms with Crippen LogP contribution in [-0.4, -0.2) is 36.3 Å². The highest BCUT2D eigenvalue weighted by Crippen LogP contribution is 2.39. The Kier molecular flexibility index (Phi) is 5.52. The molecule has 1 aromatic heterocycles. The zero-order chi connectivity index (χ0) is 21.1. The van der Waals surface area contributed by atoms with Crippen LogP contribution in [0.2, 0.25) is 0 Å². The second kappa shape index (κ2) is 8.41. The largest absolute Gasteiger partial charge is 0.496 e. The van der Waals surface area contributed by atoms with Crippen LogP contribution < -0.4 is 14.8 Å². The molecule has 1 atom stereocenters. The Balaban J connectivity index is 1.59. The molecule has 6 nitrogen and oxygen atoms in total. The number of anilines is 1. The number of carboxylic acid groups (broad SMARTS) is 1. The first kappa shape index (κ1) is 19.7. The van der Waals surface area contributed by atoms with Gasteiger partial charge in [-0.05, 0) is 47.9 Å². The fraction of sp³-hybridized carbons (Fsp3) is 0.217. The molecule has 0 amide bonds. The Morgan fingerprint density at radius 1 is 1.30 bits per heavy atom. The summed E-state index contributed by atoms with van der Waals surface area (Å²) in [6.45, 7) is 1.09. The van der Waals surface area contributed by atoms with Crippen molar-refractivity contribution in [2.24, 2.45) is 0 Å². The van der Waals surface area contributed by atoms with Gasteiger partial charge in [-0.25, -0.2) is 9.18 Å². The number of benzene rings is 2. The molecule has 1 aliphatic rings. The van der Waals surface area contributed by atoms with Crippen molar-refractivity contribution >= 4 is 11.7 Å². The Labute approximate surface area is 173 Å². The van der Waals surface area contributed by atoms with Crippen LogP contribution in [0.15, 0.2) is 54.9 Å². The van der Waals surface area contributed by atoms with Crippen molar-refractivity contribution in [2.75, 3.05) is 25.6 Å². The van der Waals surface area contributed by atoms with Crippen LogP contribution in [0.1, 0.15) is 28.3 Å². The SMILES string of the molecule is COc1ccc(F)cc1-c1ccc2c(c1)OCCC2CNc1cnccc1C(=O)O. The van der Waals surface area contributed by atoms with Crippen molar-refractivity contribution in [1.29, 1.82) is 0 Å². The zero-order valence-corrected chi connectivity index (χ0v) is 16.4. The lowest BCUT2D eigenvalue weighted by Gasteiger charge is -2.27. The number of ether oxygens (including phenoxy) is 2. The summed E-state index contributed by atoms with van der Waals surface area (Å²) < 4.78 is 25.0. The number of methoxy groups -OCH3 is 1. The number of aromatic carboxylic acids is 1. The monoisotopic (exact) mass is 408 g/mol. The minimum Gasteiger partial charge on any atom is -0.496 e. The van der Waals surface area contributed by atoms with E-state index in [1.165, 1.54) is 30.6 Å². The van der Waals surface area contributed by atoms with Crippen molar-refractivity contribution in [3.8, 4) is 22.6 Å². The van der Waals surface area contributed by atoms with Crippen molar-refractivity contribution in [1.82, 2.24) is 4.98 Å². The Hall–Kier alpha value is -3.61. The Morgan fingerprint density at radius 2 is 2.17 bits per heavy atom. The van der Waals surface area contributed by atoms with E-state index in [-0.39, 0.29) is 17.3 Å². The number of hydrogen-bond acceptors (Lipinski definition) is 5. The van der Waals surface area contributed by atoms with Gasteiger partial charge in [-0.2, -0.15) is 0 Å². The smallest absolute Gasteiger partial charge is 0.337 e. The fourth-order valence-electron chi connectivity index (χ4n) is 3.70. The highest BCUT2D eigenvalue weighted by atomic mass is 19.1. The van der Waals surface area contributed by atoms with E-state index < -0.39 is 5.97 Å². The average molecular weight is 408 g/mol. The molecule has 2 N–H and O–H groups in total. The first-order valence-corrected chi connectivity index (χ1v) is 9.58.